The van der Waals surface area contributed by atoms with Gasteiger partial charge in [-0.15, -0.1) is 0 Å². The molecule has 6 nitrogen and oxygen atoms in total. The van der Waals surface area contributed by atoms with E-state index in [2.05, 4.69) is 29.0 Å². The quantitative estimate of drug-likeness (QED) is 0.767. The van der Waals surface area contributed by atoms with Gasteiger partial charge in [0.15, 0.2) is 0 Å². The molecule has 0 saturated heterocycles. The lowest BCUT2D eigenvalue weighted by atomic mass is 9.87. The fraction of sp³-hybridized carbons (Fsp3) is 0.765. The van der Waals surface area contributed by atoms with Crippen LogP contribution in [0.1, 0.15) is 69.5 Å². The number of imidazole rings is 1. The van der Waals surface area contributed by atoms with E-state index in [1.807, 2.05) is 0 Å². The van der Waals surface area contributed by atoms with E-state index in [0.717, 1.165) is 24.3 Å². The van der Waals surface area contributed by atoms with E-state index in [-0.39, 0.29) is 0 Å². The standard InChI is InChI=1S/C16H27N3.CH2O3/c1-12-4-6-14(7-5-12)19-10-16(18-11-19)15-9-13(15)3-2-8-17;2-1(3)4/h10-15H,2-9,17H2,1H3;(H2,2,3,4). The van der Waals surface area contributed by atoms with E-state index in [9.17, 15) is 0 Å². The summed E-state index contributed by atoms with van der Waals surface area (Å²) in [6.07, 6.45) is 11.8. The zero-order valence-corrected chi connectivity index (χ0v) is 13.9. The highest BCUT2D eigenvalue weighted by Crippen LogP contribution is 2.49. The highest BCUT2D eigenvalue weighted by Gasteiger charge is 2.39. The number of nitrogens with zero attached hydrogens (tertiary/aromatic N) is 2. The van der Waals surface area contributed by atoms with Gasteiger partial charge in [0.1, 0.15) is 0 Å². The largest absolute Gasteiger partial charge is 0.503 e. The minimum atomic E-state index is -1.83. The summed E-state index contributed by atoms with van der Waals surface area (Å²) in [5.74, 6) is 2.51. The van der Waals surface area contributed by atoms with Crippen LogP contribution in [0.2, 0.25) is 0 Å². The molecule has 0 aliphatic heterocycles. The smallest absolute Gasteiger partial charge is 0.450 e. The first-order chi connectivity index (χ1) is 11.0. The van der Waals surface area contributed by atoms with Crippen LogP contribution >= 0.6 is 0 Å². The minimum absolute atomic E-state index is 0.707. The van der Waals surface area contributed by atoms with Crippen molar-refractivity contribution in [3.8, 4) is 0 Å². The van der Waals surface area contributed by atoms with Crippen molar-refractivity contribution < 1.29 is 15.0 Å². The number of hydrogen-bond acceptors (Lipinski definition) is 3. The molecule has 0 bridgehead atoms. The van der Waals surface area contributed by atoms with Gasteiger partial charge in [0, 0.05) is 18.2 Å². The second kappa shape index (κ2) is 8.34. The molecule has 2 aliphatic carbocycles. The maximum Gasteiger partial charge on any atom is 0.503 e. The third kappa shape index (κ3) is 5.53. The van der Waals surface area contributed by atoms with Gasteiger partial charge in [-0.1, -0.05) is 6.92 Å². The highest BCUT2D eigenvalue weighted by atomic mass is 16.6. The van der Waals surface area contributed by atoms with Crippen molar-refractivity contribution >= 4 is 6.16 Å². The molecule has 1 heterocycles. The summed E-state index contributed by atoms with van der Waals surface area (Å²) in [7, 11) is 0. The molecule has 0 radical (unpaired) electrons. The van der Waals surface area contributed by atoms with Crippen molar-refractivity contribution in [2.45, 2.75) is 63.8 Å². The van der Waals surface area contributed by atoms with Crippen molar-refractivity contribution in [1.29, 1.82) is 0 Å². The van der Waals surface area contributed by atoms with Crippen LogP contribution < -0.4 is 5.73 Å². The van der Waals surface area contributed by atoms with Crippen LogP contribution in [0.15, 0.2) is 12.5 Å². The lowest BCUT2D eigenvalue weighted by Gasteiger charge is -2.26. The van der Waals surface area contributed by atoms with Crippen LogP contribution in [0, 0.1) is 11.8 Å². The molecular formula is C17H29N3O3. The number of aromatic nitrogens is 2. The maximum atomic E-state index is 8.56. The van der Waals surface area contributed by atoms with Gasteiger partial charge in [0.2, 0.25) is 0 Å². The van der Waals surface area contributed by atoms with Gasteiger partial charge in [-0.2, -0.15) is 0 Å². The zero-order chi connectivity index (χ0) is 16.8. The van der Waals surface area contributed by atoms with Gasteiger partial charge in [-0.25, -0.2) is 9.78 Å². The Morgan fingerprint density at radius 2 is 2.00 bits per heavy atom. The third-order valence-corrected chi connectivity index (χ3v) is 5.11. The first kappa shape index (κ1) is 17.8. The Bertz CT molecular complexity index is 491. The summed E-state index contributed by atoms with van der Waals surface area (Å²) >= 11 is 0. The first-order valence-corrected chi connectivity index (χ1v) is 8.66. The topological polar surface area (TPSA) is 101 Å². The molecule has 2 unspecified atom stereocenters. The number of hydrogen-bond donors (Lipinski definition) is 3. The molecular weight excluding hydrogens is 294 g/mol. The molecule has 2 fully saturated rings. The third-order valence-electron chi connectivity index (χ3n) is 5.11. The summed E-state index contributed by atoms with van der Waals surface area (Å²) in [6, 6.07) is 0.707. The fourth-order valence-electron chi connectivity index (χ4n) is 3.59. The predicted molar refractivity (Wildman–Crippen MR) is 88.7 cm³/mol. The SMILES string of the molecule is CC1CCC(n2cnc(C3CC3CCCN)c2)CC1.O=C(O)O. The van der Waals surface area contributed by atoms with Crippen molar-refractivity contribution in [3.63, 3.8) is 0 Å². The molecule has 2 atom stereocenters. The normalized spacial score (nSPS) is 29.5. The monoisotopic (exact) mass is 323 g/mol. The Kier molecular flexibility index (Phi) is 6.45. The fourth-order valence-corrected chi connectivity index (χ4v) is 3.59. The van der Waals surface area contributed by atoms with Gasteiger partial charge in [0.05, 0.1) is 12.0 Å². The predicted octanol–water partition coefficient (Wildman–Crippen LogP) is 3.70. The van der Waals surface area contributed by atoms with E-state index < -0.39 is 6.16 Å². The Morgan fingerprint density at radius 1 is 1.35 bits per heavy atom. The average Bonchev–Trinajstić information content (AvgIpc) is 3.11. The van der Waals surface area contributed by atoms with Crippen molar-refractivity contribution in [3.05, 3.63) is 18.2 Å². The molecule has 0 aromatic carbocycles. The maximum absolute atomic E-state index is 8.56. The summed E-state index contributed by atoms with van der Waals surface area (Å²) in [4.78, 5) is 13.2. The molecule has 0 amide bonds. The summed E-state index contributed by atoms with van der Waals surface area (Å²) in [6.45, 7) is 3.21. The molecule has 1 aromatic rings. The van der Waals surface area contributed by atoms with Crippen LogP contribution in [0.4, 0.5) is 4.79 Å². The van der Waals surface area contributed by atoms with Crippen LogP contribution in [0.25, 0.3) is 0 Å². The van der Waals surface area contributed by atoms with Crippen LogP contribution in [0.5, 0.6) is 0 Å². The van der Waals surface area contributed by atoms with Crippen LogP contribution in [-0.2, 0) is 0 Å². The lowest BCUT2D eigenvalue weighted by Crippen LogP contribution is -2.15. The number of carbonyl (C=O) groups is 1. The minimum Gasteiger partial charge on any atom is -0.450 e. The number of carboxylic acid groups (broad SMARTS) is 2. The van der Waals surface area contributed by atoms with Gasteiger partial charge < -0.3 is 20.5 Å². The van der Waals surface area contributed by atoms with Crippen molar-refractivity contribution in [1.82, 2.24) is 9.55 Å². The van der Waals surface area contributed by atoms with Gasteiger partial charge in [-0.05, 0) is 63.3 Å². The second-order valence-corrected chi connectivity index (χ2v) is 6.98. The highest BCUT2D eigenvalue weighted by molar-refractivity contribution is 5.53. The second-order valence-electron chi connectivity index (χ2n) is 6.98. The molecule has 2 aliphatic rings. The Balaban J connectivity index is 0.000000433. The van der Waals surface area contributed by atoms with Crippen LogP contribution in [-0.4, -0.2) is 32.5 Å². The van der Waals surface area contributed by atoms with Gasteiger partial charge >= 0.3 is 6.16 Å². The summed E-state index contributed by atoms with van der Waals surface area (Å²) in [5.41, 5.74) is 6.92. The molecule has 130 valence electrons. The zero-order valence-electron chi connectivity index (χ0n) is 13.9. The van der Waals surface area contributed by atoms with E-state index in [4.69, 9.17) is 20.7 Å². The van der Waals surface area contributed by atoms with E-state index in [0.29, 0.717) is 6.04 Å². The van der Waals surface area contributed by atoms with E-state index in [1.54, 1.807) is 0 Å². The van der Waals surface area contributed by atoms with E-state index >= 15 is 0 Å². The lowest BCUT2D eigenvalue weighted by molar-refractivity contribution is 0.137. The Hall–Kier alpha value is -1.56. The van der Waals surface area contributed by atoms with Gasteiger partial charge in [0.25, 0.3) is 0 Å². The molecule has 3 rings (SSSR count). The summed E-state index contributed by atoms with van der Waals surface area (Å²) < 4.78 is 2.39. The van der Waals surface area contributed by atoms with E-state index in [1.165, 1.54) is 50.6 Å². The molecule has 4 N–H and O–H groups in total. The summed E-state index contributed by atoms with van der Waals surface area (Å²) in [5, 5.41) is 13.9. The molecule has 6 heteroatoms. The van der Waals surface area contributed by atoms with Crippen molar-refractivity contribution in [2.75, 3.05) is 6.54 Å². The first-order valence-electron chi connectivity index (χ1n) is 8.66. The van der Waals surface area contributed by atoms with Gasteiger partial charge in [-0.3, -0.25) is 0 Å². The molecule has 2 saturated carbocycles. The van der Waals surface area contributed by atoms with Crippen LogP contribution in [0.3, 0.4) is 0 Å². The molecule has 0 spiro atoms. The van der Waals surface area contributed by atoms with Crippen molar-refractivity contribution in [2.24, 2.45) is 17.6 Å². The Morgan fingerprint density at radius 3 is 2.61 bits per heavy atom. The number of nitrogens with two attached hydrogens (primary N) is 1. The molecule has 23 heavy (non-hydrogen) atoms. The number of rotatable bonds is 5. The molecule has 1 aromatic heterocycles. The average molecular weight is 323 g/mol. The Labute approximate surface area is 137 Å².